The van der Waals surface area contributed by atoms with Gasteiger partial charge in [-0.15, -0.1) is 0 Å². The first-order chi connectivity index (χ1) is 20.9. The first kappa shape index (κ1) is 27.5. The highest BCUT2D eigenvalue weighted by Crippen LogP contribution is 2.27. The molecule has 0 N–H and O–H groups in total. The Morgan fingerprint density at radius 1 is 0.860 bits per heavy atom. The fraction of sp³-hybridized carbons (Fsp3) is 0.114. The van der Waals surface area contributed by atoms with E-state index in [0.29, 0.717) is 35.4 Å². The molecule has 5 aromatic carbocycles. The van der Waals surface area contributed by atoms with Crippen molar-refractivity contribution < 1.29 is 9.72 Å². The van der Waals surface area contributed by atoms with E-state index < -0.39 is 11.0 Å². The molecule has 1 aromatic heterocycles. The summed E-state index contributed by atoms with van der Waals surface area (Å²) < 4.78 is 1.58. The van der Waals surface area contributed by atoms with Gasteiger partial charge in [-0.1, -0.05) is 78.9 Å². The number of amides is 1. The van der Waals surface area contributed by atoms with Crippen molar-refractivity contribution in [2.45, 2.75) is 19.4 Å². The summed E-state index contributed by atoms with van der Waals surface area (Å²) in [5, 5.41) is 14.0. The smallest absolute Gasteiger partial charge is 0.270 e. The van der Waals surface area contributed by atoms with Gasteiger partial charge in [-0.05, 0) is 60.0 Å². The highest BCUT2D eigenvalue weighted by atomic mass is 16.6. The van der Waals surface area contributed by atoms with E-state index in [0.717, 1.165) is 16.3 Å². The number of para-hydroxylation sites is 1. The summed E-state index contributed by atoms with van der Waals surface area (Å²) in [5.74, 6) is 0.00502. The summed E-state index contributed by atoms with van der Waals surface area (Å²) in [6.45, 7) is 2.14. The molecule has 0 spiro atoms. The maximum absolute atomic E-state index is 14.1. The van der Waals surface area contributed by atoms with E-state index in [4.69, 9.17) is 4.98 Å². The molecule has 0 saturated heterocycles. The Bertz CT molecular complexity index is 2040. The van der Waals surface area contributed by atoms with Crippen LogP contribution in [-0.4, -0.2) is 31.8 Å². The van der Waals surface area contributed by atoms with Gasteiger partial charge < -0.3 is 4.90 Å². The van der Waals surface area contributed by atoms with Crippen LogP contribution in [0.15, 0.2) is 126 Å². The largest absolute Gasteiger partial charge is 0.328 e. The van der Waals surface area contributed by atoms with Crippen molar-refractivity contribution in [3.05, 3.63) is 159 Å². The fourth-order valence-corrected chi connectivity index (χ4v) is 5.42. The molecule has 1 heterocycles. The Labute approximate surface area is 247 Å². The summed E-state index contributed by atoms with van der Waals surface area (Å²) in [7, 11) is 0. The van der Waals surface area contributed by atoms with Crippen LogP contribution in [0.5, 0.6) is 0 Å². The average Bonchev–Trinajstić information content (AvgIpc) is 3.05. The highest BCUT2D eigenvalue weighted by Gasteiger charge is 2.28. The molecule has 6 aromatic rings. The van der Waals surface area contributed by atoms with Gasteiger partial charge in [0.05, 0.1) is 27.6 Å². The van der Waals surface area contributed by atoms with E-state index in [1.165, 1.54) is 18.2 Å². The summed E-state index contributed by atoms with van der Waals surface area (Å²) in [6, 6.07) is 35.7. The molecule has 0 aliphatic rings. The van der Waals surface area contributed by atoms with Crippen LogP contribution in [0.2, 0.25) is 0 Å². The van der Waals surface area contributed by atoms with Crippen LogP contribution in [0.25, 0.3) is 27.4 Å². The third-order valence-electron chi connectivity index (χ3n) is 7.68. The number of rotatable bonds is 8. The van der Waals surface area contributed by atoms with E-state index in [1.54, 1.807) is 33.7 Å². The number of benzene rings is 5. The molecule has 0 aliphatic carbocycles. The van der Waals surface area contributed by atoms with Crippen LogP contribution in [0, 0.1) is 10.1 Å². The second kappa shape index (κ2) is 11.7. The number of hydrogen-bond donors (Lipinski definition) is 0. The molecule has 0 bridgehead atoms. The van der Waals surface area contributed by atoms with Gasteiger partial charge in [-0.2, -0.15) is 0 Å². The minimum absolute atomic E-state index is 0.168. The monoisotopic (exact) mass is 568 g/mol. The molecule has 6 rings (SSSR count). The molecule has 0 aliphatic heterocycles. The molecule has 1 unspecified atom stereocenters. The molecule has 0 radical (unpaired) electrons. The van der Waals surface area contributed by atoms with E-state index in [-0.39, 0.29) is 22.7 Å². The van der Waals surface area contributed by atoms with Gasteiger partial charge in [0, 0.05) is 24.2 Å². The number of carbonyl (C=O) groups excluding carboxylic acids is 1. The van der Waals surface area contributed by atoms with Crippen molar-refractivity contribution in [3.8, 4) is 5.69 Å². The van der Waals surface area contributed by atoms with Gasteiger partial charge in [0.2, 0.25) is 0 Å². The predicted octanol–water partition coefficient (Wildman–Crippen LogP) is 6.89. The number of aromatic nitrogens is 2. The molecule has 0 saturated carbocycles. The van der Waals surface area contributed by atoms with Gasteiger partial charge >= 0.3 is 0 Å². The van der Waals surface area contributed by atoms with E-state index in [2.05, 4.69) is 0 Å². The number of fused-ring (bicyclic) bond motifs is 2. The molecule has 212 valence electrons. The van der Waals surface area contributed by atoms with Crippen molar-refractivity contribution in [2.75, 3.05) is 6.54 Å². The number of nitrogens with zero attached hydrogens (tertiary/aromatic N) is 4. The topological polar surface area (TPSA) is 98.3 Å². The lowest BCUT2D eigenvalue weighted by Crippen LogP contribution is -2.38. The van der Waals surface area contributed by atoms with Gasteiger partial charge in [0.25, 0.3) is 17.2 Å². The summed E-state index contributed by atoms with van der Waals surface area (Å²) in [4.78, 5) is 45.8. The van der Waals surface area contributed by atoms with Gasteiger partial charge in [-0.25, -0.2) is 4.98 Å². The maximum Gasteiger partial charge on any atom is 0.270 e. The van der Waals surface area contributed by atoms with Crippen LogP contribution in [0.3, 0.4) is 0 Å². The lowest BCUT2D eigenvalue weighted by molar-refractivity contribution is -0.384. The maximum atomic E-state index is 14.1. The average molecular weight is 569 g/mol. The minimum Gasteiger partial charge on any atom is -0.328 e. The lowest BCUT2D eigenvalue weighted by Gasteiger charge is -2.31. The zero-order valence-corrected chi connectivity index (χ0v) is 23.5. The summed E-state index contributed by atoms with van der Waals surface area (Å²) >= 11 is 0. The highest BCUT2D eigenvalue weighted by molar-refractivity contribution is 5.95. The van der Waals surface area contributed by atoms with Crippen LogP contribution in [0.1, 0.15) is 34.7 Å². The Morgan fingerprint density at radius 2 is 1.58 bits per heavy atom. The quantitative estimate of drug-likeness (QED) is 0.147. The molecular formula is C35H28N4O4. The van der Waals surface area contributed by atoms with Crippen molar-refractivity contribution in [1.29, 1.82) is 0 Å². The Kier molecular flexibility index (Phi) is 7.49. The van der Waals surface area contributed by atoms with Crippen molar-refractivity contribution in [3.63, 3.8) is 0 Å². The van der Waals surface area contributed by atoms with E-state index in [1.807, 2.05) is 85.8 Å². The van der Waals surface area contributed by atoms with Crippen molar-refractivity contribution >= 4 is 33.3 Å². The molecule has 8 heteroatoms. The number of non-ortho nitro benzene ring substituents is 1. The summed E-state index contributed by atoms with van der Waals surface area (Å²) in [5.41, 5.74) is 1.97. The Balaban J connectivity index is 1.51. The minimum atomic E-state index is -0.667. The second-order valence-electron chi connectivity index (χ2n) is 10.4. The molecule has 0 fully saturated rings. The van der Waals surface area contributed by atoms with Gasteiger partial charge in [0.1, 0.15) is 5.82 Å². The molecule has 1 atom stereocenters. The number of nitro groups is 1. The fourth-order valence-electron chi connectivity index (χ4n) is 5.42. The SMILES string of the molecule is CC(c1nc2ccccc2c(=O)n1-c1ccc2ccccc2c1)N(CCc1ccccc1)C(=O)c1cccc([N+](=O)[O-])c1. The standard InChI is InChI=1S/C35H28N4O4/c1-24(37(21-20-25-10-3-2-4-11-25)34(40)28-14-9-15-30(23-28)39(42)43)33-36-32-17-8-7-16-31(32)35(41)38(33)29-19-18-26-12-5-6-13-27(26)22-29/h2-19,22-24H,20-21H2,1H3. The Hall–Kier alpha value is -5.63. The molecule has 8 nitrogen and oxygen atoms in total. The zero-order valence-electron chi connectivity index (χ0n) is 23.5. The van der Waals surface area contributed by atoms with E-state index in [9.17, 15) is 19.7 Å². The number of nitro benzene ring substituents is 1. The van der Waals surface area contributed by atoms with Crippen LogP contribution < -0.4 is 5.56 Å². The first-order valence-corrected chi connectivity index (χ1v) is 14.0. The Morgan fingerprint density at radius 3 is 2.37 bits per heavy atom. The van der Waals surface area contributed by atoms with E-state index >= 15 is 0 Å². The van der Waals surface area contributed by atoms with Crippen molar-refractivity contribution in [1.82, 2.24) is 14.5 Å². The zero-order chi connectivity index (χ0) is 29.9. The predicted molar refractivity (Wildman–Crippen MR) is 168 cm³/mol. The normalized spacial score (nSPS) is 11.8. The first-order valence-electron chi connectivity index (χ1n) is 14.0. The molecule has 1 amide bonds. The molecular weight excluding hydrogens is 540 g/mol. The number of hydrogen-bond acceptors (Lipinski definition) is 5. The summed E-state index contributed by atoms with van der Waals surface area (Å²) in [6.07, 6.45) is 0.541. The molecule has 43 heavy (non-hydrogen) atoms. The third kappa shape index (κ3) is 5.50. The van der Waals surface area contributed by atoms with Crippen LogP contribution >= 0.6 is 0 Å². The van der Waals surface area contributed by atoms with Crippen molar-refractivity contribution in [2.24, 2.45) is 0 Å². The second-order valence-corrected chi connectivity index (χ2v) is 10.4. The van der Waals surface area contributed by atoms with Gasteiger partial charge in [0.15, 0.2) is 0 Å². The van der Waals surface area contributed by atoms with Crippen LogP contribution in [-0.2, 0) is 6.42 Å². The lowest BCUT2D eigenvalue weighted by atomic mass is 10.1. The van der Waals surface area contributed by atoms with Gasteiger partial charge in [-0.3, -0.25) is 24.3 Å². The van der Waals surface area contributed by atoms with Crippen LogP contribution in [0.4, 0.5) is 5.69 Å². The number of carbonyl (C=O) groups is 1. The third-order valence-corrected chi connectivity index (χ3v) is 7.68.